The van der Waals surface area contributed by atoms with Crippen molar-refractivity contribution >= 4 is 22.0 Å². The highest BCUT2D eigenvalue weighted by molar-refractivity contribution is 7.16. The monoisotopic (exact) mass is 195 g/mol. The Balaban J connectivity index is 2.19. The lowest BCUT2D eigenvalue weighted by molar-refractivity contribution is 0.739. The van der Waals surface area contributed by atoms with E-state index in [4.69, 9.17) is 0 Å². The second-order valence-corrected chi connectivity index (χ2v) is 3.99. The van der Waals surface area contributed by atoms with Gasteiger partial charge in [-0.2, -0.15) is 0 Å². The van der Waals surface area contributed by atoms with E-state index < -0.39 is 0 Å². The predicted octanol–water partition coefficient (Wildman–Crippen LogP) is 1.56. The highest BCUT2D eigenvalue weighted by atomic mass is 32.1. The minimum absolute atomic E-state index is 0.988. The first kappa shape index (κ1) is 8.72. The number of thiazole rings is 1. The van der Waals surface area contributed by atoms with Crippen molar-refractivity contribution in [3.05, 3.63) is 17.2 Å². The van der Waals surface area contributed by atoms with Crippen LogP contribution in [0.25, 0.3) is 5.57 Å². The van der Waals surface area contributed by atoms with Gasteiger partial charge in [-0.25, -0.2) is 4.98 Å². The maximum atomic E-state index is 4.26. The molecular weight excluding hydrogens is 182 g/mol. The largest absolute Gasteiger partial charge is 0.365 e. The molecule has 0 unspecified atom stereocenters. The van der Waals surface area contributed by atoms with Crippen molar-refractivity contribution < 1.29 is 0 Å². The Morgan fingerprint density at radius 1 is 1.62 bits per heavy atom. The highest BCUT2D eigenvalue weighted by Crippen LogP contribution is 2.27. The number of aromatic nitrogens is 1. The molecule has 0 atom stereocenters. The molecule has 1 aliphatic rings. The van der Waals surface area contributed by atoms with Gasteiger partial charge >= 0.3 is 0 Å². The minimum atomic E-state index is 0.988. The summed E-state index contributed by atoms with van der Waals surface area (Å²) in [5.74, 6) is 0. The molecule has 13 heavy (non-hydrogen) atoms. The quantitative estimate of drug-likeness (QED) is 0.752. The number of hydrogen-bond donors (Lipinski definition) is 2. The van der Waals surface area contributed by atoms with Crippen LogP contribution in [0.15, 0.2) is 12.3 Å². The summed E-state index contributed by atoms with van der Waals surface area (Å²) < 4.78 is 0. The van der Waals surface area contributed by atoms with Crippen LogP contribution in [-0.4, -0.2) is 25.1 Å². The Morgan fingerprint density at radius 2 is 2.54 bits per heavy atom. The van der Waals surface area contributed by atoms with Gasteiger partial charge in [-0.1, -0.05) is 17.4 Å². The van der Waals surface area contributed by atoms with E-state index >= 15 is 0 Å². The van der Waals surface area contributed by atoms with Gasteiger partial charge in [0.2, 0.25) is 0 Å². The van der Waals surface area contributed by atoms with Gasteiger partial charge in [0.1, 0.15) is 0 Å². The maximum Gasteiger partial charge on any atom is 0.182 e. The Morgan fingerprint density at radius 3 is 3.15 bits per heavy atom. The molecule has 0 saturated carbocycles. The van der Waals surface area contributed by atoms with E-state index in [0.29, 0.717) is 0 Å². The zero-order chi connectivity index (χ0) is 9.10. The Labute approximate surface area is 81.9 Å². The van der Waals surface area contributed by atoms with Gasteiger partial charge in [0.25, 0.3) is 0 Å². The minimum Gasteiger partial charge on any atom is -0.365 e. The summed E-state index contributed by atoms with van der Waals surface area (Å²) >= 11 is 1.72. The molecule has 0 aromatic carbocycles. The first-order chi connectivity index (χ1) is 6.40. The first-order valence-electron chi connectivity index (χ1n) is 4.44. The molecule has 2 heterocycles. The molecule has 1 aromatic heterocycles. The number of nitrogens with one attached hydrogen (secondary N) is 2. The van der Waals surface area contributed by atoms with Crippen LogP contribution in [0.1, 0.15) is 11.3 Å². The van der Waals surface area contributed by atoms with E-state index in [-0.39, 0.29) is 0 Å². The summed E-state index contributed by atoms with van der Waals surface area (Å²) in [5.41, 5.74) is 1.43. The summed E-state index contributed by atoms with van der Waals surface area (Å²) in [6.45, 7) is 2.07. The molecule has 0 spiro atoms. The molecule has 0 aliphatic carbocycles. The molecule has 70 valence electrons. The lowest BCUT2D eigenvalue weighted by atomic mass is 10.1. The summed E-state index contributed by atoms with van der Waals surface area (Å²) in [4.78, 5) is 5.55. The van der Waals surface area contributed by atoms with E-state index in [2.05, 4.69) is 21.7 Å². The smallest absolute Gasteiger partial charge is 0.182 e. The van der Waals surface area contributed by atoms with Crippen LogP contribution < -0.4 is 10.6 Å². The third kappa shape index (κ3) is 1.89. The van der Waals surface area contributed by atoms with Gasteiger partial charge < -0.3 is 10.6 Å². The molecular formula is C9H13N3S. The summed E-state index contributed by atoms with van der Waals surface area (Å²) in [6, 6.07) is 0. The average Bonchev–Trinajstić information content (AvgIpc) is 2.67. The molecule has 0 saturated heterocycles. The molecule has 4 heteroatoms. The summed E-state index contributed by atoms with van der Waals surface area (Å²) in [7, 11) is 1.90. The Bertz CT molecular complexity index is 316. The van der Waals surface area contributed by atoms with Crippen LogP contribution in [-0.2, 0) is 0 Å². The molecule has 1 aromatic rings. The third-order valence-electron chi connectivity index (χ3n) is 2.10. The first-order valence-corrected chi connectivity index (χ1v) is 5.25. The van der Waals surface area contributed by atoms with Gasteiger partial charge in [0.15, 0.2) is 5.13 Å². The maximum absolute atomic E-state index is 4.26. The van der Waals surface area contributed by atoms with Gasteiger partial charge in [0.05, 0.1) is 4.88 Å². The summed E-state index contributed by atoms with van der Waals surface area (Å²) in [5, 5.41) is 7.34. The van der Waals surface area contributed by atoms with Gasteiger partial charge in [-0.3, -0.25) is 0 Å². The van der Waals surface area contributed by atoms with Crippen molar-refractivity contribution in [2.75, 3.05) is 25.5 Å². The Hall–Kier alpha value is -0.870. The van der Waals surface area contributed by atoms with Crippen LogP contribution in [0.2, 0.25) is 0 Å². The number of rotatable bonds is 2. The van der Waals surface area contributed by atoms with E-state index in [1.807, 2.05) is 13.2 Å². The van der Waals surface area contributed by atoms with Crippen LogP contribution in [0.3, 0.4) is 0 Å². The molecule has 0 fully saturated rings. The van der Waals surface area contributed by atoms with Crippen LogP contribution in [0.5, 0.6) is 0 Å². The van der Waals surface area contributed by atoms with E-state index in [9.17, 15) is 0 Å². The number of nitrogens with zero attached hydrogens (tertiary/aromatic N) is 1. The van der Waals surface area contributed by atoms with Crippen LogP contribution in [0, 0.1) is 0 Å². The molecule has 0 radical (unpaired) electrons. The standard InChI is InChI=1S/C9H13N3S/c1-10-9-12-6-8(13-9)7-2-4-11-5-3-7/h2,6,11H,3-5H2,1H3,(H,10,12). The van der Waals surface area contributed by atoms with Gasteiger partial charge in [0, 0.05) is 19.8 Å². The fourth-order valence-electron chi connectivity index (χ4n) is 1.38. The topological polar surface area (TPSA) is 37.0 Å². The van der Waals surface area contributed by atoms with Crippen molar-refractivity contribution in [2.45, 2.75) is 6.42 Å². The molecule has 2 N–H and O–H groups in total. The van der Waals surface area contributed by atoms with Crippen LogP contribution in [0.4, 0.5) is 5.13 Å². The van der Waals surface area contributed by atoms with Crippen molar-refractivity contribution in [3.8, 4) is 0 Å². The Kier molecular flexibility index (Phi) is 2.61. The van der Waals surface area contributed by atoms with E-state index in [0.717, 1.165) is 24.6 Å². The zero-order valence-corrected chi connectivity index (χ0v) is 8.45. The number of anilines is 1. The molecule has 3 nitrogen and oxygen atoms in total. The van der Waals surface area contributed by atoms with E-state index in [1.165, 1.54) is 10.5 Å². The second kappa shape index (κ2) is 3.89. The van der Waals surface area contributed by atoms with E-state index in [1.54, 1.807) is 11.3 Å². The summed E-state index contributed by atoms with van der Waals surface area (Å²) in [6.07, 6.45) is 5.31. The van der Waals surface area contributed by atoms with Crippen molar-refractivity contribution in [1.29, 1.82) is 0 Å². The normalized spacial score (nSPS) is 16.8. The van der Waals surface area contributed by atoms with Crippen molar-refractivity contribution in [3.63, 3.8) is 0 Å². The molecule has 2 rings (SSSR count). The molecule has 1 aliphatic heterocycles. The third-order valence-corrected chi connectivity index (χ3v) is 3.19. The lowest BCUT2D eigenvalue weighted by Crippen LogP contribution is -2.19. The molecule has 0 amide bonds. The second-order valence-electron chi connectivity index (χ2n) is 2.96. The average molecular weight is 195 g/mol. The van der Waals surface area contributed by atoms with Crippen LogP contribution >= 0.6 is 11.3 Å². The predicted molar refractivity (Wildman–Crippen MR) is 57.1 cm³/mol. The fraction of sp³-hybridized carbons (Fsp3) is 0.444. The van der Waals surface area contributed by atoms with Crippen molar-refractivity contribution in [2.24, 2.45) is 0 Å². The van der Waals surface area contributed by atoms with Gasteiger partial charge in [-0.15, -0.1) is 0 Å². The molecule has 0 bridgehead atoms. The zero-order valence-electron chi connectivity index (χ0n) is 7.63. The number of hydrogen-bond acceptors (Lipinski definition) is 4. The fourth-order valence-corrected chi connectivity index (χ4v) is 2.22. The van der Waals surface area contributed by atoms with Gasteiger partial charge in [-0.05, 0) is 18.5 Å². The SMILES string of the molecule is CNc1ncc(C2=CCNCC2)s1. The van der Waals surface area contributed by atoms with Crippen molar-refractivity contribution in [1.82, 2.24) is 10.3 Å². The lowest BCUT2D eigenvalue weighted by Gasteiger charge is -2.11. The highest BCUT2D eigenvalue weighted by Gasteiger charge is 2.08.